The molecule has 1 aliphatic rings. The van der Waals surface area contributed by atoms with Gasteiger partial charge in [0, 0.05) is 31.7 Å². The minimum Gasteiger partial charge on any atom is -0.344 e. The molecule has 1 saturated heterocycles. The molecule has 2 N–H and O–H groups in total. The highest BCUT2D eigenvalue weighted by molar-refractivity contribution is 5.88. The van der Waals surface area contributed by atoms with Gasteiger partial charge in [-0.05, 0) is 38.0 Å². The van der Waals surface area contributed by atoms with Gasteiger partial charge >= 0.3 is 6.03 Å². The zero-order valence-electron chi connectivity index (χ0n) is 14.7. The fourth-order valence-electron chi connectivity index (χ4n) is 3.01. The Morgan fingerprint density at radius 1 is 1.32 bits per heavy atom. The van der Waals surface area contributed by atoms with Gasteiger partial charge in [0.05, 0.1) is 6.04 Å². The van der Waals surface area contributed by atoms with Crippen LogP contribution in [-0.4, -0.2) is 46.0 Å². The highest BCUT2D eigenvalue weighted by Crippen LogP contribution is 2.17. The Hall–Kier alpha value is -2.83. The molecule has 0 bridgehead atoms. The molecule has 3 amide bonds. The lowest BCUT2D eigenvalue weighted by Gasteiger charge is -2.18. The molecular weight excluding hydrogens is 318 g/mol. The van der Waals surface area contributed by atoms with Gasteiger partial charge in [-0.2, -0.15) is 0 Å². The molecule has 7 heteroatoms. The number of carbonyl (C=O) groups excluding carboxylic acids is 2. The summed E-state index contributed by atoms with van der Waals surface area (Å²) in [6, 6.07) is 7.04. The summed E-state index contributed by atoms with van der Waals surface area (Å²) in [5.41, 5.74) is 2.02. The number of amides is 3. The van der Waals surface area contributed by atoms with Crippen molar-refractivity contribution in [1.82, 2.24) is 25.1 Å². The van der Waals surface area contributed by atoms with E-state index < -0.39 is 6.04 Å². The van der Waals surface area contributed by atoms with Crippen LogP contribution in [-0.2, 0) is 4.79 Å². The Balaban J connectivity index is 1.59. The van der Waals surface area contributed by atoms with Crippen LogP contribution in [0, 0.1) is 6.92 Å². The maximum Gasteiger partial charge on any atom is 0.315 e. The van der Waals surface area contributed by atoms with Crippen molar-refractivity contribution in [3.63, 3.8) is 0 Å². The van der Waals surface area contributed by atoms with E-state index in [4.69, 9.17) is 0 Å². The van der Waals surface area contributed by atoms with Crippen molar-refractivity contribution in [3.05, 3.63) is 48.0 Å². The van der Waals surface area contributed by atoms with Crippen LogP contribution in [0.25, 0.3) is 5.69 Å². The second kappa shape index (κ2) is 6.96. The number of urea groups is 1. The first-order valence-electron chi connectivity index (χ1n) is 8.38. The summed E-state index contributed by atoms with van der Waals surface area (Å²) in [4.78, 5) is 29.8. The van der Waals surface area contributed by atoms with Crippen LogP contribution in [0.1, 0.15) is 30.8 Å². The molecular formula is C18H23N5O2. The van der Waals surface area contributed by atoms with Gasteiger partial charge in [-0.1, -0.05) is 12.1 Å². The lowest BCUT2D eigenvalue weighted by Crippen LogP contribution is -2.46. The van der Waals surface area contributed by atoms with Crippen molar-refractivity contribution < 1.29 is 9.59 Å². The number of likely N-dealkylation sites (N-methyl/N-ethyl adjacent to an activating group) is 1. The summed E-state index contributed by atoms with van der Waals surface area (Å²) in [6.45, 7) is 4.54. The van der Waals surface area contributed by atoms with E-state index in [1.807, 2.05) is 48.9 Å². The van der Waals surface area contributed by atoms with Crippen LogP contribution in [0.4, 0.5) is 4.79 Å². The quantitative estimate of drug-likeness (QED) is 0.889. The first kappa shape index (κ1) is 17.0. The molecule has 132 valence electrons. The molecule has 2 unspecified atom stereocenters. The first-order chi connectivity index (χ1) is 12.0. The topological polar surface area (TPSA) is 79.3 Å². The normalized spacial score (nSPS) is 18.3. The lowest BCUT2D eigenvalue weighted by molar-refractivity contribution is -0.128. The van der Waals surface area contributed by atoms with Crippen LogP contribution in [0.3, 0.4) is 0 Å². The van der Waals surface area contributed by atoms with Crippen molar-refractivity contribution in [3.8, 4) is 5.69 Å². The van der Waals surface area contributed by atoms with Crippen LogP contribution < -0.4 is 10.6 Å². The maximum absolute atomic E-state index is 12.1. The molecule has 25 heavy (non-hydrogen) atoms. The fourth-order valence-corrected chi connectivity index (χ4v) is 3.01. The number of likely N-dealkylation sites (tertiary alicyclic amines) is 1. The van der Waals surface area contributed by atoms with Gasteiger partial charge in [-0.3, -0.25) is 4.79 Å². The number of rotatable bonds is 4. The minimum atomic E-state index is -0.427. The maximum atomic E-state index is 12.1. The SMILES string of the molecule is Cc1nccn1-c1ccc(C(C)NC(=O)NC2CCN(C)C2=O)cc1. The molecule has 2 atom stereocenters. The van der Waals surface area contributed by atoms with Gasteiger partial charge in [-0.15, -0.1) is 0 Å². The highest BCUT2D eigenvalue weighted by atomic mass is 16.2. The highest BCUT2D eigenvalue weighted by Gasteiger charge is 2.30. The summed E-state index contributed by atoms with van der Waals surface area (Å²) in [7, 11) is 1.74. The Labute approximate surface area is 147 Å². The zero-order valence-corrected chi connectivity index (χ0v) is 14.7. The monoisotopic (exact) mass is 341 g/mol. The van der Waals surface area contributed by atoms with Crippen molar-refractivity contribution in [1.29, 1.82) is 0 Å². The van der Waals surface area contributed by atoms with Crippen LogP contribution in [0.5, 0.6) is 0 Å². The minimum absolute atomic E-state index is 0.0390. The molecule has 1 aromatic carbocycles. The van der Waals surface area contributed by atoms with Gasteiger partial charge < -0.3 is 20.1 Å². The van der Waals surface area contributed by atoms with Crippen LogP contribution in [0.2, 0.25) is 0 Å². The van der Waals surface area contributed by atoms with E-state index in [2.05, 4.69) is 15.6 Å². The first-order valence-corrected chi connectivity index (χ1v) is 8.38. The summed E-state index contributed by atoms with van der Waals surface area (Å²) < 4.78 is 2.00. The Kier molecular flexibility index (Phi) is 4.74. The third-order valence-corrected chi connectivity index (χ3v) is 4.58. The Morgan fingerprint density at radius 3 is 2.60 bits per heavy atom. The van der Waals surface area contributed by atoms with Crippen LogP contribution >= 0.6 is 0 Å². The predicted molar refractivity (Wildman–Crippen MR) is 94.4 cm³/mol. The van der Waals surface area contributed by atoms with Gasteiger partial charge in [0.2, 0.25) is 5.91 Å². The van der Waals surface area contributed by atoms with Crippen molar-refractivity contribution in [2.45, 2.75) is 32.4 Å². The number of nitrogens with zero attached hydrogens (tertiary/aromatic N) is 3. The number of benzene rings is 1. The molecule has 2 heterocycles. The third-order valence-electron chi connectivity index (χ3n) is 4.58. The average Bonchev–Trinajstić information content (AvgIpc) is 3.15. The van der Waals surface area contributed by atoms with E-state index in [-0.39, 0.29) is 18.0 Å². The zero-order chi connectivity index (χ0) is 18.0. The standard InChI is InChI=1S/C18H23N5O2/c1-12(20-18(25)21-16-8-10-22(3)17(16)24)14-4-6-15(7-5-14)23-11-9-19-13(23)2/h4-7,9,11-12,16H,8,10H2,1-3H3,(H2,20,21,25). The van der Waals surface area contributed by atoms with Crippen molar-refractivity contribution in [2.75, 3.05) is 13.6 Å². The van der Waals surface area contributed by atoms with Gasteiger partial charge in [0.25, 0.3) is 0 Å². The van der Waals surface area contributed by atoms with E-state index in [0.717, 1.165) is 17.1 Å². The smallest absolute Gasteiger partial charge is 0.315 e. The summed E-state index contributed by atoms with van der Waals surface area (Å²) >= 11 is 0. The van der Waals surface area contributed by atoms with Crippen molar-refractivity contribution in [2.24, 2.45) is 0 Å². The molecule has 0 saturated carbocycles. The summed E-state index contributed by atoms with van der Waals surface area (Å²) in [5, 5.41) is 5.63. The van der Waals surface area contributed by atoms with Crippen molar-refractivity contribution >= 4 is 11.9 Å². The molecule has 0 radical (unpaired) electrons. The van der Waals surface area contributed by atoms with E-state index in [0.29, 0.717) is 13.0 Å². The fraction of sp³-hybridized carbons (Fsp3) is 0.389. The second-order valence-electron chi connectivity index (χ2n) is 6.38. The Morgan fingerprint density at radius 2 is 2.04 bits per heavy atom. The van der Waals surface area contributed by atoms with Crippen LogP contribution in [0.15, 0.2) is 36.7 Å². The lowest BCUT2D eigenvalue weighted by atomic mass is 10.1. The van der Waals surface area contributed by atoms with Gasteiger partial charge in [-0.25, -0.2) is 9.78 Å². The molecule has 7 nitrogen and oxygen atoms in total. The molecule has 1 fully saturated rings. The predicted octanol–water partition coefficient (Wildman–Crippen LogP) is 1.77. The van der Waals surface area contributed by atoms with E-state index >= 15 is 0 Å². The number of nitrogens with one attached hydrogen (secondary N) is 2. The number of aromatic nitrogens is 2. The molecule has 1 aromatic heterocycles. The molecule has 3 rings (SSSR count). The van der Waals surface area contributed by atoms with Gasteiger partial charge in [0.15, 0.2) is 0 Å². The van der Waals surface area contributed by atoms with E-state index in [9.17, 15) is 9.59 Å². The molecule has 1 aliphatic heterocycles. The number of hydrogen-bond acceptors (Lipinski definition) is 3. The van der Waals surface area contributed by atoms with Gasteiger partial charge in [0.1, 0.15) is 11.9 Å². The third kappa shape index (κ3) is 3.65. The summed E-state index contributed by atoms with van der Waals surface area (Å²) in [6.07, 6.45) is 4.32. The van der Waals surface area contributed by atoms with E-state index in [1.165, 1.54) is 0 Å². The second-order valence-corrected chi connectivity index (χ2v) is 6.38. The molecule has 0 spiro atoms. The Bertz CT molecular complexity index is 768. The molecule has 0 aliphatic carbocycles. The number of carbonyl (C=O) groups is 2. The number of hydrogen-bond donors (Lipinski definition) is 2. The number of imidazole rings is 1. The molecule has 2 aromatic rings. The largest absolute Gasteiger partial charge is 0.344 e. The number of aryl methyl sites for hydroxylation is 1. The average molecular weight is 341 g/mol. The summed E-state index contributed by atoms with van der Waals surface area (Å²) in [5.74, 6) is 0.882. The van der Waals surface area contributed by atoms with E-state index in [1.54, 1.807) is 18.1 Å².